The molecule has 4 aromatic rings. The summed E-state index contributed by atoms with van der Waals surface area (Å²) in [5, 5.41) is 0.292. The van der Waals surface area contributed by atoms with E-state index in [0.717, 1.165) is 5.56 Å². The number of carbonyl (C=O) groups excluding carboxylic acids is 2. The minimum absolute atomic E-state index is 0.175. The Hall–Kier alpha value is -4.87. The minimum Gasteiger partial charge on any atom is -0.494 e. The first-order chi connectivity index (χ1) is 23.7. The molecule has 49 heavy (non-hydrogen) atoms. The van der Waals surface area contributed by atoms with Gasteiger partial charge in [0.1, 0.15) is 12.4 Å². The van der Waals surface area contributed by atoms with Crippen LogP contribution in [-0.4, -0.2) is 42.9 Å². The highest BCUT2D eigenvalue weighted by atomic mass is 35.5. The molecule has 0 N–H and O–H groups in total. The van der Waals surface area contributed by atoms with E-state index in [1.165, 1.54) is 15.9 Å². The van der Waals surface area contributed by atoms with Crippen molar-refractivity contribution in [1.82, 2.24) is 4.57 Å². The highest BCUT2D eigenvalue weighted by Crippen LogP contribution is 2.38. The zero-order valence-corrected chi connectivity index (χ0v) is 29.5. The van der Waals surface area contributed by atoms with E-state index in [2.05, 4.69) is 4.99 Å². The number of benzene rings is 3. The lowest BCUT2D eigenvalue weighted by Gasteiger charge is -2.24. The smallest absolute Gasteiger partial charge is 0.338 e. The molecule has 10 nitrogen and oxygen atoms in total. The van der Waals surface area contributed by atoms with Gasteiger partial charge in [-0.1, -0.05) is 47.2 Å². The molecule has 1 aliphatic heterocycles. The van der Waals surface area contributed by atoms with Crippen molar-refractivity contribution in [3.05, 3.63) is 119 Å². The molecule has 0 radical (unpaired) electrons. The van der Waals surface area contributed by atoms with Crippen molar-refractivity contribution in [3.63, 3.8) is 0 Å². The number of halogens is 1. The molecule has 0 aliphatic carbocycles. The lowest BCUT2D eigenvalue weighted by atomic mass is 9.96. The second-order valence-electron chi connectivity index (χ2n) is 10.8. The number of aromatic nitrogens is 1. The van der Waals surface area contributed by atoms with Crippen LogP contribution >= 0.6 is 22.9 Å². The van der Waals surface area contributed by atoms with E-state index in [4.69, 9.17) is 35.3 Å². The van der Waals surface area contributed by atoms with Crippen LogP contribution in [-0.2, 0) is 20.9 Å². The van der Waals surface area contributed by atoms with Crippen molar-refractivity contribution in [3.8, 4) is 17.2 Å². The molecule has 256 valence electrons. The second kappa shape index (κ2) is 16.0. The standard InChI is InChI=1S/C37H37ClN2O8S/c1-6-44-27-16-14-25(15-17-27)32-31(36(43)47-9-4)22(5)39-37-40(32)34(41)30(49-37)20-24-18-28(38)33(29(19-24)45-7-2)48-21-23-10-12-26(13-11-23)35(42)46-8-3/h10-20,32H,6-9,21H2,1-5H3/b30-20-/t32-/m0/s1. The zero-order chi connectivity index (χ0) is 35.1. The van der Waals surface area contributed by atoms with E-state index in [1.807, 2.05) is 38.1 Å². The first kappa shape index (κ1) is 35.4. The molecular weight excluding hydrogens is 668 g/mol. The van der Waals surface area contributed by atoms with Crippen LogP contribution in [0, 0.1) is 0 Å². The number of allylic oxidation sites excluding steroid dienone is 1. The van der Waals surface area contributed by atoms with Gasteiger partial charge in [-0.05, 0) is 93.8 Å². The Bertz CT molecular complexity index is 2050. The average Bonchev–Trinajstić information content (AvgIpc) is 3.38. The SMILES string of the molecule is CCOC(=O)C1=C(C)N=c2s/c(=C\c3cc(Cl)c(OCc4ccc(C(=O)OCC)cc4)c(OCC)c3)c(=O)n2[C@H]1c1ccc(OCC)cc1. The lowest BCUT2D eigenvalue weighted by molar-refractivity contribution is -0.139. The number of esters is 2. The van der Waals surface area contributed by atoms with Gasteiger partial charge in [-0.3, -0.25) is 9.36 Å². The monoisotopic (exact) mass is 704 g/mol. The normalized spacial score (nSPS) is 14.2. The van der Waals surface area contributed by atoms with Gasteiger partial charge in [0.2, 0.25) is 0 Å². The summed E-state index contributed by atoms with van der Waals surface area (Å²) in [6.45, 7) is 10.5. The van der Waals surface area contributed by atoms with Gasteiger partial charge in [-0.2, -0.15) is 0 Å². The summed E-state index contributed by atoms with van der Waals surface area (Å²) in [5.41, 5.74) is 3.05. The van der Waals surface area contributed by atoms with E-state index in [1.54, 1.807) is 63.2 Å². The summed E-state index contributed by atoms with van der Waals surface area (Å²) < 4.78 is 29.9. The largest absolute Gasteiger partial charge is 0.494 e. The van der Waals surface area contributed by atoms with Gasteiger partial charge in [0.05, 0.1) is 58.9 Å². The van der Waals surface area contributed by atoms with Crippen molar-refractivity contribution in [1.29, 1.82) is 0 Å². The molecular formula is C37H37ClN2O8S. The third kappa shape index (κ3) is 7.90. The highest BCUT2D eigenvalue weighted by Gasteiger charge is 2.33. The number of carbonyl (C=O) groups is 2. The van der Waals surface area contributed by atoms with E-state index >= 15 is 0 Å². The fourth-order valence-electron chi connectivity index (χ4n) is 5.35. The van der Waals surface area contributed by atoms with Gasteiger partial charge in [-0.25, -0.2) is 14.6 Å². The summed E-state index contributed by atoms with van der Waals surface area (Å²) in [6, 6.07) is 16.9. The van der Waals surface area contributed by atoms with Crippen LogP contribution in [0.1, 0.15) is 67.7 Å². The molecule has 0 spiro atoms. The molecule has 12 heteroatoms. The van der Waals surface area contributed by atoms with Crippen LogP contribution in [0.25, 0.3) is 6.08 Å². The minimum atomic E-state index is -0.752. The van der Waals surface area contributed by atoms with Gasteiger partial charge in [0.15, 0.2) is 16.3 Å². The number of rotatable bonds is 13. The van der Waals surface area contributed by atoms with Crippen molar-refractivity contribution < 1.29 is 33.3 Å². The predicted molar refractivity (Wildman–Crippen MR) is 187 cm³/mol. The van der Waals surface area contributed by atoms with Gasteiger partial charge < -0.3 is 23.7 Å². The predicted octanol–water partition coefficient (Wildman–Crippen LogP) is 6.00. The Labute approximate surface area is 292 Å². The van der Waals surface area contributed by atoms with Crippen LogP contribution in [0.3, 0.4) is 0 Å². The average molecular weight is 705 g/mol. The number of ether oxygens (including phenoxy) is 5. The zero-order valence-electron chi connectivity index (χ0n) is 27.9. The second-order valence-corrected chi connectivity index (χ2v) is 12.2. The Balaban J connectivity index is 1.51. The van der Waals surface area contributed by atoms with E-state index in [9.17, 15) is 14.4 Å². The summed E-state index contributed by atoms with van der Waals surface area (Å²) in [4.78, 5) is 44.4. The van der Waals surface area contributed by atoms with Gasteiger partial charge >= 0.3 is 11.9 Å². The molecule has 0 fully saturated rings. The van der Waals surface area contributed by atoms with Crippen LogP contribution in [0.15, 0.2) is 81.7 Å². The fourth-order valence-corrected chi connectivity index (χ4v) is 6.67. The molecule has 0 saturated heterocycles. The third-order valence-electron chi connectivity index (χ3n) is 7.50. The van der Waals surface area contributed by atoms with Crippen molar-refractivity contribution in [2.45, 2.75) is 47.3 Å². The first-order valence-corrected chi connectivity index (χ1v) is 17.2. The van der Waals surface area contributed by atoms with E-state index < -0.39 is 12.0 Å². The molecule has 0 bridgehead atoms. The highest BCUT2D eigenvalue weighted by molar-refractivity contribution is 7.07. The molecule has 0 saturated carbocycles. The lowest BCUT2D eigenvalue weighted by Crippen LogP contribution is -2.39. The Kier molecular flexibility index (Phi) is 11.6. The van der Waals surface area contributed by atoms with Crippen LogP contribution in [0.4, 0.5) is 0 Å². The van der Waals surface area contributed by atoms with Gasteiger partial charge in [0, 0.05) is 0 Å². The third-order valence-corrected chi connectivity index (χ3v) is 8.77. The molecule has 1 atom stereocenters. The number of thiazole rings is 1. The number of nitrogens with zero attached hydrogens (tertiary/aromatic N) is 2. The molecule has 1 aromatic heterocycles. The Morgan fingerprint density at radius 2 is 1.55 bits per heavy atom. The molecule has 2 heterocycles. The van der Waals surface area contributed by atoms with Crippen molar-refractivity contribution in [2.24, 2.45) is 4.99 Å². The van der Waals surface area contributed by atoms with Crippen LogP contribution < -0.4 is 29.1 Å². The van der Waals surface area contributed by atoms with E-state index in [-0.39, 0.29) is 24.7 Å². The Morgan fingerprint density at radius 3 is 2.20 bits per heavy atom. The van der Waals surface area contributed by atoms with E-state index in [0.29, 0.717) is 79.4 Å². The summed E-state index contributed by atoms with van der Waals surface area (Å²) in [6.07, 6.45) is 1.72. The fraction of sp³-hybridized carbons (Fsp3) is 0.297. The first-order valence-electron chi connectivity index (χ1n) is 16.0. The van der Waals surface area contributed by atoms with Gasteiger partial charge in [-0.15, -0.1) is 0 Å². The van der Waals surface area contributed by atoms with Crippen LogP contribution in [0.5, 0.6) is 17.2 Å². The Morgan fingerprint density at radius 1 is 0.878 bits per heavy atom. The maximum Gasteiger partial charge on any atom is 0.338 e. The maximum absolute atomic E-state index is 14.1. The van der Waals surface area contributed by atoms with Crippen molar-refractivity contribution in [2.75, 3.05) is 26.4 Å². The van der Waals surface area contributed by atoms with Crippen molar-refractivity contribution >= 4 is 41.0 Å². The summed E-state index contributed by atoms with van der Waals surface area (Å²) in [5.74, 6) is 0.515. The number of hydrogen-bond donors (Lipinski definition) is 0. The molecule has 0 amide bonds. The quantitative estimate of drug-likeness (QED) is 0.156. The molecule has 3 aromatic carbocycles. The summed E-state index contributed by atoms with van der Waals surface area (Å²) in [7, 11) is 0. The number of hydrogen-bond acceptors (Lipinski definition) is 10. The topological polar surface area (TPSA) is 115 Å². The van der Waals surface area contributed by atoms with Gasteiger partial charge in [0.25, 0.3) is 5.56 Å². The maximum atomic E-state index is 14.1. The molecule has 1 aliphatic rings. The summed E-state index contributed by atoms with van der Waals surface area (Å²) >= 11 is 7.94. The van der Waals surface area contributed by atoms with Crippen LogP contribution in [0.2, 0.25) is 5.02 Å². The molecule has 5 rings (SSSR count). The molecule has 0 unspecified atom stereocenters. The number of fused-ring (bicyclic) bond motifs is 1.